The summed E-state index contributed by atoms with van der Waals surface area (Å²) in [5, 5.41) is 21.9. The number of benzene rings is 2. The molecular formula is C18H16ClF3N2O4. The summed E-state index contributed by atoms with van der Waals surface area (Å²) >= 11 is 5.54. The Bertz CT molecular complexity index is 876. The van der Waals surface area contributed by atoms with Crippen molar-refractivity contribution < 1.29 is 32.9 Å². The van der Waals surface area contributed by atoms with Gasteiger partial charge in [-0.25, -0.2) is 5.43 Å². The van der Waals surface area contributed by atoms with Gasteiger partial charge < -0.3 is 14.9 Å². The standard InChI is InChI=1S/C18H16ClF3N2O4/c1-28-16-6-11(5-12(8-25)13(16)9-26)17(27)24-23-7-10-2-3-15(19)14(4-10)18(20,21)22/h2-7,25-26H,8-9H2,1H3,(H,24,27). The van der Waals surface area contributed by atoms with Crippen LogP contribution in [0, 0.1) is 0 Å². The third-order valence-electron chi connectivity index (χ3n) is 3.79. The molecule has 6 nitrogen and oxygen atoms in total. The number of aliphatic hydroxyl groups is 2. The summed E-state index contributed by atoms with van der Waals surface area (Å²) in [7, 11) is 1.34. The van der Waals surface area contributed by atoms with Gasteiger partial charge in [0.15, 0.2) is 0 Å². The topological polar surface area (TPSA) is 91.2 Å². The van der Waals surface area contributed by atoms with Crippen molar-refractivity contribution >= 4 is 23.7 Å². The predicted octanol–water partition coefficient (Wildman–Crippen LogP) is 3.12. The number of alkyl halides is 3. The average Bonchev–Trinajstić information content (AvgIpc) is 2.66. The lowest BCUT2D eigenvalue weighted by Gasteiger charge is -2.12. The number of rotatable bonds is 6. The molecular weight excluding hydrogens is 401 g/mol. The van der Waals surface area contributed by atoms with Gasteiger partial charge in [-0.2, -0.15) is 18.3 Å². The molecule has 0 saturated heterocycles. The smallest absolute Gasteiger partial charge is 0.417 e. The van der Waals surface area contributed by atoms with E-state index >= 15 is 0 Å². The van der Waals surface area contributed by atoms with Crippen molar-refractivity contribution in [2.24, 2.45) is 5.10 Å². The molecule has 0 aliphatic rings. The van der Waals surface area contributed by atoms with Crippen LogP contribution < -0.4 is 10.2 Å². The zero-order valence-corrected chi connectivity index (χ0v) is 15.3. The average molecular weight is 417 g/mol. The van der Waals surface area contributed by atoms with Crippen LogP contribution in [0.3, 0.4) is 0 Å². The predicted molar refractivity (Wildman–Crippen MR) is 96.4 cm³/mol. The third kappa shape index (κ3) is 5.00. The Labute approximate surface area is 163 Å². The minimum absolute atomic E-state index is 0.0845. The second-order valence-corrected chi connectivity index (χ2v) is 5.98. The van der Waals surface area contributed by atoms with Crippen LogP contribution in [-0.4, -0.2) is 29.4 Å². The van der Waals surface area contributed by atoms with Crippen molar-refractivity contribution in [1.82, 2.24) is 5.43 Å². The minimum atomic E-state index is -4.62. The van der Waals surface area contributed by atoms with Crippen molar-refractivity contribution in [3.8, 4) is 5.75 Å². The number of hydrogen-bond acceptors (Lipinski definition) is 5. The van der Waals surface area contributed by atoms with Gasteiger partial charge >= 0.3 is 6.18 Å². The third-order valence-corrected chi connectivity index (χ3v) is 4.12. The Hall–Kier alpha value is -2.62. The fraction of sp³-hybridized carbons (Fsp3) is 0.222. The van der Waals surface area contributed by atoms with E-state index in [1.165, 1.54) is 25.3 Å². The number of hydrogen-bond donors (Lipinski definition) is 3. The van der Waals surface area contributed by atoms with Gasteiger partial charge in [0.2, 0.25) is 0 Å². The Morgan fingerprint density at radius 2 is 1.96 bits per heavy atom. The lowest BCUT2D eigenvalue weighted by Crippen LogP contribution is -2.18. The van der Waals surface area contributed by atoms with E-state index in [4.69, 9.17) is 16.3 Å². The van der Waals surface area contributed by atoms with Crippen LogP contribution in [0.1, 0.15) is 32.6 Å². The van der Waals surface area contributed by atoms with E-state index in [9.17, 15) is 28.2 Å². The molecule has 0 heterocycles. The number of carbonyl (C=O) groups excluding carboxylic acids is 1. The van der Waals surface area contributed by atoms with E-state index in [0.717, 1.165) is 18.3 Å². The highest BCUT2D eigenvalue weighted by Gasteiger charge is 2.33. The summed E-state index contributed by atoms with van der Waals surface area (Å²) in [6.45, 7) is -0.821. The summed E-state index contributed by atoms with van der Waals surface area (Å²) in [6, 6.07) is 5.90. The molecule has 10 heteroatoms. The van der Waals surface area contributed by atoms with Crippen molar-refractivity contribution in [3.05, 3.63) is 63.2 Å². The molecule has 150 valence electrons. The van der Waals surface area contributed by atoms with Gasteiger partial charge in [0.05, 0.1) is 37.1 Å². The first kappa shape index (κ1) is 21.7. The molecule has 0 unspecified atom stereocenters. The lowest BCUT2D eigenvalue weighted by atomic mass is 10.0. The van der Waals surface area contributed by atoms with Crippen LogP contribution in [0.4, 0.5) is 13.2 Å². The van der Waals surface area contributed by atoms with Crippen LogP contribution in [0.25, 0.3) is 0 Å². The summed E-state index contributed by atoms with van der Waals surface area (Å²) in [4.78, 5) is 12.2. The van der Waals surface area contributed by atoms with E-state index in [-0.39, 0.29) is 16.9 Å². The normalized spacial score (nSPS) is 11.7. The number of nitrogens with one attached hydrogen (secondary N) is 1. The maximum absolute atomic E-state index is 12.9. The zero-order chi connectivity index (χ0) is 20.9. The number of halogens is 4. The second-order valence-electron chi connectivity index (χ2n) is 5.57. The van der Waals surface area contributed by atoms with Gasteiger partial charge in [-0.1, -0.05) is 17.7 Å². The number of ether oxygens (including phenoxy) is 1. The first-order valence-corrected chi connectivity index (χ1v) is 8.20. The number of aliphatic hydroxyl groups excluding tert-OH is 2. The zero-order valence-electron chi connectivity index (χ0n) is 14.5. The molecule has 0 aromatic heterocycles. The molecule has 0 aliphatic heterocycles. The largest absolute Gasteiger partial charge is 0.496 e. The van der Waals surface area contributed by atoms with E-state index < -0.39 is 35.9 Å². The monoisotopic (exact) mass is 416 g/mol. The fourth-order valence-corrected chi connectivity index (χ4v) is 2.63. The summed E-state index contributed by atoms with van der Waals surface area (Å²) in [6.07, 6.45) is -3.58. The van der Waals surface area contributed by atoms with Gasteiger partial charge in [0, 0.05) is 11.1 Å². The molecule has 0 radical (unpaired) electrons. The minimum Gasteiger partial charge on any atom is -0.496 e. The Kier molecular flexibility index (Phi) is 7.00. The van der Waals surface area contributed by atoms with Crippen LogP contribution in [-0.2, 0) is 19.4 Å². The molecule has 0 fully saturated rings. The van der Waals surface area contributed by atoms with Crippen LogP contribution in [0.15, 0.2) is 35.4 Å². The van der Waals surface area contributed by atoms with Crippen LogP contribution in [0.2, 0.25) is 5.02 Å². The number of methoxy groups -OCH3 is 1. The van der Waals surface area contributed by atoms with Crippen molar-refractivity contribution in [1.29, 1.82) is 0 Å². The molecule has 0 bridgehead atoms. The molecule has 0 saturated carbocycles. The first-order chi connectivity index (χ1) is 13.2. The van der Waals surface area contributed by atoms with Gasteiger partial charge in [-0.15, -0.1) is 0 Å². The van der Waals surface area contributed by atoms with E-state index in [1.807, 2.05) is 0 Å². The Balaban J connectivity index is 2.21. The molecule has 2 aromatic rings. The number of nitrogens with zero attached hydrogens (tertiary/aromatic N) is 1. The molecule has 0 atom stereocenters. The number of carbonyl (C=O) groups is 1. The summed E-state index contributed by atoms with van der Waals surface area (Å²) in [5.74, 6) is -0.477. The Morgan fingerprint density at radius 3 is 2.54 bits per heavy atom. The van der Waals surface area contributed by atoms with E-state index in [0.29, 0.717) is 11.1 Å². The quantitative estimate of drug-likeness (QED) is 0.498. The lowest BCUT2D eigenvalue weighted by molar-refractivity contribution is -0.137. The molecule has 28 heavy (non-hydrogen) atoms. The van der Waals surface area contributed by atoms with Crippen molar-refractivity contribution in [3.63, 3.8) is 0 Å². The highest BCUT2D eigenvalue weighted by Crippen LogP contribution is 2.34. The van der Waals surface area contributed by atoms with Gasteiger partial charge in [-0.05, 0) is 35.4 Å². The summed E-state index contributed by atoms with van der Waals surface area (Å²) < 4.78 is 43.7. The highest BCUT2D eigenvalue weighted by molar-refractivity contribution is 6.31. The van der Waals surface area contributed by atoms with Crippen molar-refractivity contribution in [2.75, 3.05) is 7.11 Å². The summed E-state index contributed by atoms with van der Waals surface area (Å²) in [5.41, 5.74) is 1.97. The molecule has 2 aromatic carbocycles. The van der Waals surface area contributed by atoms with Crippen LogP contribution >= 0.6 is 11.6 Å². The van der Waals surface area contributed by atoms with E-state index in [1.54, 1.807) is 0 Å². The second kappa shape index (κ2) is 9.05. The van der Waals surface area contributed by atoms with Gasteiger partial charge in [0.25, 0.3) is 5.91 Å². The maximum atomic E-state index is 12.9. The number of hydrazone groups is 1. The van der Waals surface area contributed by atoms with Gasteiger partial charge in [-0.3, -0.25) is 4.79 Å². The Morgan fingerprint density at radius 1 is 1.25 bits per heavy atom. The first-order valence-electron chi connectivity index (χ1n) is 7.83. The molecule has 1 amide bonds. The molecule has 2 rings (SSSR count). The highest BCUT2D eigenvalue weighted by atomic mass is 35.5. The molecule has 3 N–H and O–H groups in total. The van der Waals surface area contributed by atoms with E-state index in [2.05, 4.69) is 10.5 Å². The maximum Gasteiger partial charge on any atom is 0.417 e. The van der Waals surface area contributed by atoms with Crippen molar-refractivity contribution in [2.45, 2.75) is 19.4 Å². The van der Waals surface area contributed by atoms with Gasteiger partial charge in [0.1, 0.15) is 5.75 Å². The SMILES string of the molecule is COc1cc(C(=O)NN=Cc2ccc(Cl)c(C(F)(F)F)c2)cc(CO)c1CO. The van der Waals surface area contributed by atoms with Crippen LogP contribution in [0.5, 0.6) is 5.75 Å². The molecule has 0 aliphatic carbocycles. The fourth-order valence-electron chi connectivity index (χ4n) is 2.41. The number of amides is 1. The molecule has 0 spiro atoms.